The van der Waals surface area contributed by atoms with Gasteiger partial charge in [0.05, 0.1) is 12.1 Å². The van der Waals surface area contributed by atoms with Crippen molar-refractivity contribution in [3.8, 4) is 11.3 Å². The Morgan fingerprint density at radius 2 is 1.85 bits per heavy atom. The molecule has 0 aliphatic carbocycles. The molecule has 0 saturated carbocycles. The minimum absolute atomic E-state index is 0.0497. The van der Waals surface area contributed by atoms with E-state index in [0.717, 1.165) is 16.3 Å². The van der Waals surface area contributed by atoms with Crippen LogP contribution in [0.25, 0.3) is 11.3 Å². The molecule has 106 valence electrons. The van der Waals surface area contributed by atoms with E-state index in [2.05, 4.69) is 56.9 Å². The van der Waals surface area contributed by atoms with Crippen molar-refractivity contribution in [3.63, 3.8) is 0 Å². The summed E-state index contributed by atoms with van der Waals surface area (Å²) in [5.41, 5.74) is 3.37. The van der Waals surface area contributed by atoms with E-state index in [1.54, 1.807) is 11.3 Å². The van der Waals surface area contributed by atoms with Crippen LogP contribution in [-0.2, 0) is 11.2 Å². The van der Waals surface area contributed by atoms with Crippen molar-refractivity contribution in [2.45, 2.75) is 40.5 Å². The van der Waals surface area contributed by atoms with E-state index >= 15 is 0 Å². The largest absolute Gasteiger partial charge is 0.299 e. The predicted molar refractivity (Wildman–Crippen MR) is 85.1 cm³/mol. The Hall–Kier alpha value is -1.48. The molecule has 1 aromatic heterocycles. The molecule has 0 bridgehead atoms. The van der Waals surface area contributed by atoms with Gasteiger partial charge in [0.25, 0.3) is 0 Å². The molecule has 3 heteroatoms. The summed E-state index contributed by atoms with van der Waals surface area (Å²) in [7, 11) is 0. The number of benzene rings is 1. The molecular weight excluding hydrogens is 266 g/mol. The SMILES string of the molecule is Cc1ccc(-c2csc(CC(=O)CC(C)(C)C)n2)cc1. The molecule has 20 heavy (non-hydrogen) atoms. The summed E-state index contributed by atoms with van der Waals surface area (Å²) >= 11 is 1.57. The average Bonchev–Trinajstić information content (AvgIpc) is 2.75. The lowest BCUT2D eigenvalue weighted by molar-refractivity contribution is -0.120. The molecule has 0 fully saturated rings. The van der Waals surface area contributed by atoms with Crippen LogP contribution in [0.4, 0.5) is 0 Å². The Morgan fingerprint density at radius 3 is 2.45 bits per heavy atom. The van der Waals surface area contributed by atoms with Gasteiger partial charge < -0.3 is 0 Å². The Morgan fingerprint density at radius 1 is 1.20 bits per heavy atom. The predicted octanol–water partition coefficient (Wildman–Crippen LogP) is 4.67. The molecular formula is C17H21NOS. The van der Waals surface area contributed by atoms with Gasteiger partial charge in [-0.2, -0.15) is 0 Å². The standard InChI is InChI=1S/C17H21NOS/c1-12-5-7-13(8-6-12)15-11-20-16(18-15)9-14(19)10-17(2,3)4/h5-8,11H,9-10H2,1-4H3. The number of carbonyl (C=O) groups excluding carboxylic acids is 1. The molecule has 2 nitrogen and oxygen atoms in total. The molecule has 0 aliphatic rings. The van der Waals surface area contributed by atoms with Crippen molar-refractivity contribution in [3.05, 3.63) is 40.2 Å². The molecule has 0 aliphatic heterocycles. The summed E-state index contributed by atoms with van der Waals surface area (Å²) in [5.74, 6) is 0.266. The van der Waals surface area contributed by atoms with Gasteiger partial charge in [-0.25, -0.2) is 4.98 Å². The molecule has 0 unspecified atom stereocenters. The second-order valence-electron chi connectivity index (χ2n) is 6.45. The van der Waals surface area contributed by atoms with E-state index in [1.165, 1.54) is 5.56 Å². The van der Waals surface area contributed by atoms with Crippen LogP contribution in [0.1, 0.15) is 37.8 Å². The molecule has 0 spiro atoms. The summed E-state index contributed by atoms with van der Waals surface area (Å²) in [4.78, 5) is 16.6. The fraction of sp³-hybridized carbons (Fsp3) is 0.412. The number of nitrogens with zero attached hydrogens (tertiary/aromatic N) is 1. The van der Waals surface area contributed by atoms with Gasteiger partial charge in [0.15, 0.2) is 0 Å². The summed E-state index contributed by atoms with van der Waals surface area (Å²) < 4.78 is 0. The Balaban J connectivity index is 2.06. The Bertz CT molecular complexity index is 590. The van der Waals surface area contributed by atoms with Crippen LogP contribution in [0.15, 0.2) is 29.6 Å². The molecule has 0 saturated heterocycles. The van der Waals surface area contributed by atoms with E-state index in [9.17, 15) is 4.79 Å². The van der Waals surface area contributed by atoms with Gasteiger partial charge in [0.2, 0.25) is 0 Å². The number of Topliss-reactive ketones (excluding diaryl/α,β-unsaturated/α-hetero) is 1. The third-order valence-electron chi connectivity index (χ3n) is 2.97. The number of aryl methyl sites for hydroxylation is 1. The first kappa shape index (κ1) is 14.9. The number of hydrogen-bond acceptors (Lipinski definition) is 3. The lowest BCUT2D eigenvalue weighted by Crippen LogP contribution is -2.14. The zero-order valence-electron chi connectivity index (χ0n) is 12.6. The number of aromatic nitrogens is 1. The van der Waals surface area contributed by atoms with Crippen LogP contribution >= 0.6 is 11.3 Å². The van der Waals surface area contributed by atoms with Crippen LogP contribution in [-0.4, -0.2) is 10.8 Å². The molecule has 2 rings (SSSR count). The summed E-state index contributed by atoms with van der Waals surface area (Å²) in [5, 5.41) is 2.94. The van der Waals surface area contributed by atoms with E-state index < -0.39 is 0 Å². The van der Waals surface area contributed by atoms with E-state index in [1.807, 2.05) is 5.38 Å². The monoisotopic (exact) mass is 287 g/mol. The maximum absolute atomic E-state index is 12.0. The van der Waals surface area contributed by atoms with Crippen LogP contribution in [0.5, 0.6) is 0 Å². The number of carbonyl (C=O) groups is 1. The van der Waals surface area contributed by atoms with Crippen molar-refractivity contribution < 1.29 is 4.79 Å². The average molecular weight is 287 g/mol. The highest BCUT2D eigenvalue weighted by atomic mass is 32.1. The summed E-state index contributed by atoms with van der Waals surface area (Å²) in [6.07, 6.45) is 1.06. The van der Waals surface area contributed by atoms with Gasteiger partial charge in [-0.3, -0.25) is 4.79 Å². The lowest BCUT2D eigenvalue weighted by atomic mass is 9.89. The first-order valence-corrected chi connectivity index (χ1v) is 7.75. The van der Waals surface area contributed by atoms with Crippen molar-refractivity contribution in [2.75, 3.05) is 0 Å². The molecule has 1 heterocycles. The zero-order valence-corrected chi connectivity index (χ0v) is 13.4. The second kappa shape index (κ2) is 5.88. The van der Waals surface area contributed by atoms with Gasteiger partial charge in [0.1, 0.15) is 10.8 Å². The minimum Gasteiger partial charge on any atom is -0.299 e. The summed E-state index contributed by atoms with van der Waals surface area (Å²) in [6.45, 7) is 8.33. The van der Waals surface area contributed by atoms with Gasteiger partial charge in [-0.1, -0.05) is 50.6 Å². The van der Waals surface area contributed by atoms with Gasteiger partial charge in [-0.15, -0.1) is 11.3 Å². The van der Waals surface area contributed by atoms with Crippen LogP contribution < -0.4 is 0 Å². The third-order valence-corrected chi connectivity index (χ3v) is 3.82. The molecule has 0 N–H and O–H groups in total. The second-order valence-corrected chi connectivity index (χ2v) is 7.39. The third kappa shape index (κ3) is 4.27. The minimum atomic E-state index is 0.0497. The van der Waals surface area contributed by atoms with Gasteiger partial charge in [-0.05, 0) is 12.3 Å². The number of hydrogen-bond donors (Lipinski definition) is 0. The normalized spacial score (nSPS) is 11.6. The van der Waals surface area contributed by atoms with Crippen molar-refractivity contribution >= 4 is 17.1 Å². The van der Waals surface area contributed by atoms with E-state index in [-0.39, 0.29) is 11.2 Å². The molecule has 0 amide bonds. The van der Waals surface area contributed by atoms with Crippen molar-refractivity contribution in [2.24, 2.45) is 5.41 Å². The van der Waals surface area contributed by atoms with E-state index in [0.29, 0.717) is 12.8 Å². The van der Waals surface area contributed by atoms with Gasteiger partial charge in [0, 0.05) is 17.4 Å². The quantitative estimate of drug-likeness (QED) is 0.818. The first-order valence-electron chi connectivity index (χ1n) is 6.87. The number of rotatable bonds is 4. The topological polar surface area (TPSA) is 30.0 Å². The van der Waals surface area contributed by atoms with Crippen LogP contribution in [0.2, 0.25) is 0 Å². The maximum atomic E-state index is 12.0. The fourth-order valence-electron chi connectivity index (χ4n) is 2.07. The smallest absolute Gasteiger partial charge is 0.140 e. The number of ketones is 1. The van der Waals surface area contributed by atoms with Crippen molar-refractivity contribution in [1.29, 1.82) is 0 Å². The highest BCUT2D eigenvalue weighted by molar-refractivity contribution is 7.10. The van der Waals surface area contributed by atoms with Crippen LogP contribution in [0, 0.1) is 12.3 Å². The highest BCUT2D eigenvalue weighted by Crippen LogP contribution is 2.24. The van der Waals surface area contributed by atoms with E-state index in [4.69, 9.17) is 0 Å². The maximum Gasteiger partial charge on any atom is 0.140 e. The Kier molecular flexibility index (Phi) is 4.39. The van der Waals surface area contributed by atoms with Gasteiger partial charge >= 0.3 is 0 Å². The number of thiazole rings is 1. The van der Waals surface area contributed by atoms with Crippen molar-refractivity contribution in [1.82, 2.24) is 4.98 Å². The highest BCUT2D eigenvalue weighted by Gasteiger charge is 2.17. The molecule has 2 aromatic rings. The molecule has 0 radical (unpaired) electrons. The molecule has 1 aromatic carbocycles. The van der Waals surface area contributed by atoms with Crippen LogP contribution in [0.3, 0.4) is 0 Å². The lowest BCUT2D eigenvalue weighted by Gasteiger charge is -2.15. The first-order chi connectivity index (χ1) is 9.33. The fourth-order valence-corrected chi connectivity index (χ4v) is 2.90. The molecule has 0 atom stereocenters. The summed E-state index contributed by atoms with van der Waals surface area (Å²) in [6, 6.07) is 8.31. The zero-order chi connectivity index (χ0) is 14.8. The Labute approximate surface area is 124 Å².